The van der Waals surface area contributed by atoms with E-state index in [0.717, 1.165) is 0 Å². The van der Waals surface area contributed by atoms with Crippen LogP contribution in [-0.2, 0) is 33.4 Å². The zero-order valence-electron chi connectivity index (χ0n) is 13.6. The fourth-order valence-corrected chi connectivity index (χ4v) is 4.32. The van der Waals surface area contributed by atoms with Gasteiger partial charge in [-0.3, -0.25) is 19.2 Å². The van der Waals surface area contributed by atoms with Gasteiger partial charge in [-0.2, -0.15) is 0 Å². The molecule has 0 aromatic rings. The Balaban J connectivity index is 2.14. The van der Waals surface area contributed by atoms with Crippen molar-refractivity contribution in [2.45, 2.75) is 26.4 Å². The van der Waals surface area contributed by atoms with Gasteiger partial charge in [-0.1, -0.05) is 12.2 Å². The molecule has 0 unspecified atom stereocenters. The number of rotatable bonds is 3. The first-order chi connectivity index (χ1) is 11.3. The van der Waals surface area contributed by atoms with Crippen molar-refractivity contribution >= 4 is 23.7 Å². The van der Waals surface area contributed by atoms with Crippen LogP contribution in [0.3, 0.4) is 0 Å². The van der Waals surface area contributed by atoms with Gasteiger partial charge in [0.1, 0.15) is 11.5 Å². The van der Waals surface area contributed by atoms with Gasteiger partial charge in [0.15, 0.2) is 5.76 Å². The number of carbonyl (C=O) groups excluding carboxylic acids is 4. The normalized spacial score (nSPS) is 36.0. The van der Waals surface area contributed by atoms with Crippen LogP contribution in [0.4, 0.5) is 0 Å². The Morgan fingerprint density at radius 2 is 1.92 bits per heavy atom. The maximum atomic E-state index is 12.8. The molecule has 0 spiro atoms. The van der Waals surface area contributed by atoms with Gasteiger partial charge in [0.25, 0.3) is 0 Å². The lowest BCUT2D eigenvalue weighted by Gasteiger charge is -2.31. The van der Waals surface area contributed by atoms with Crippen molar-refractivity contribution in [1.29, 1.82) is 0 Å². The predicted octanol–water partition coefficient (Wildman–Crippen LogP) is 0.929. The molecule has 7 heteroatoms. The molecule has 0 radical (unpaired) electrons. The second kappa shape index (κ2) is 5.58. The van der Waals surface area contributed by atoms with Crippen LogP contribution in [0, 0.1) is 23.2 Å². The van der Waals surface area contributed by atoms with Crippen molar-refractivity contribution < 1.29 is 33.4 Å². The van der Waals surface area contributed by atoms with Gasteiger partial charge in [0.05, 0.1) is 13.0 Å². The number of hydrogen-bond acceptors (Lipinski definition) is 7. The highest BCUT2D eigenvalue weighted by molar-refractivity contribution is 6.06. The summed E-state index contributed by atoms with van der Waals surface area (Å²) >= 11 is 0. The van der Waals surface area contributed by atoms with Crippen LogP contribution < -0.4 is 0 Å². The maximum absolute atomic E-state index is 12.8. The van der Waals surface area contributed by atoms with E-state index in [1.807, 2.05) is 12.2 Å². The highest BCUT2D eigenvalue weighted by atomic mass is 16.6. The van der Waals surface area contributed by atoms with Gasteiger partial charge in [0, 0.05) is 19.8 Å². The molecule has 0 aliphatic heterocycles. The quantitative estimate of drug-likeness (QED) is 0.430. The first-order valence-corrected chi connectivity index (χ1v) is 7.70. The zero-order valence-corrected chi connectivity index (χ0v) is 13.6. The molecule has 0 heterocycles. The first kappa shape index (κ1) is 16.4. The molecule has 0 aromatic heterocycles. The number of fused-ring (bicyclic) bond motifs is 3. The number of Topliss-reactive ketones (excluding diaryl/α,β-unsaturated/α-hetero) is 1. The second-order valence-electron chi connectivity index (χ2n) is 6.30. The van der Waals surface area contributed by atoms with Crippen molar-refractivity contribution in [2.75, 3.05) is 7.11 Å². The molecule has 7 nitrogen and oxygen atoms in total. The van der Waals surface area contributed by atoms with E-state index >= 15 is 0 Å². The Labute approximate surface area is 138 Å². The summed E-state index contributed by atoms with van der Waals surface area (Å²) in [6, 6.07) is 0. The third-order valence-corrected chi connectivity index (χ3v) is 5.00. The van der Waals surface area contributed by atoms with E-state index in [-0.39, 0.29) is 17.6 Å². The Hall–Kier alpha value is -2.44. The first-order valence-electron chi connectivity index (χ1n) is 7.70. The number of ether oxygens (including phenoxy) is 3. The fraction of sp³-hybridized carbons (Fsp3) is 0.529. The molecule has 3 aliphatic carbocycles. The average Bonchev–Trinajstić information content (AvgIpc) is 3.12. The minimum atomic E-state index is -1.46. The molecule has 3 rings (SSSR count). The topological polar surface area (TPSA) is 96.0 Å². The lowest BCUT2D eigenvalue weighted by atomic mass is 9.76. The second-order valence-corrected chi connectivity index (χ2v) is 6.30. The Morgan fingerprint density at radius 3 is 2.50 bits per heavy atom. The summed E-state index contributed by atoms with van der Waals surface area (Å²) in [6.45, 7) is 2.43. The minimum Gasteiger partial charge on any atom is -0.468 e. The standard InChI is InChI=1S/C17H18O7/c1-8(18)23-12-7-17(16(21)22-3)13(14(12)20)10-5-4-6-11(10)15(17)24-9(2)19/h4,6-7,10-11,13,15H,5H2,1-3H3/t10-,11+,13-,15+,17-/m0/s1. The number of hydrogen-bond donors (Lipinski definition) is 0. The molecule has 0 saturated heterocycles. The largest absolute Gasteiger partial charge is 0.468 e. The van der Waals surface area contributed by atoms with Crippen molar-refractivity contribution in [3.63, 3.8) is 0 Å². The Morgan fingerprint density at radius 1 is 1.21 bits per heavy atom. The summed E-state index contributed by atoms with van der Waals surface area (Å²) in [5, 5.41) is 0. The summed E-state index contributed by atoms with van der Waals surface area (Å²) in [5.74, 6) is -3.71. The molecule has 1 fully saturated rings. The summed E-state index contributed by atoms with van der Waals surface area (Å²) in [6.07, 6.45) is 4.80. The van der Waals surface area contributed by atoms with Gasteiger partial charge in [-0.05, 0) is 18.4 Å². The predicted molar refractivity (Wildman–Crippen MR) is 79.1 cm³/mol. The van der Waals surface area contributed by atoms with Crippen LogP contribution in [0.15, 0.2) is 24.0 Å². The Bertz CT molecular complexity index is 689. The van der Waals surface area contributed by atoms with E-state index in [2.05, 4.69) is 0 Å². The number of allylic oxidation sites excluding steroid dienone is 2. The summed E-state index contributed by atoms with van der Waals surface area (Å²) in [4.78, 5) is 48.3. The molecule has 0 amide bonds. The minimum absolute atomic E-state index is 0.180. The van der Waals surface area contributed by atoms with Crippen molar-refractivity contribution in [2.24, 2.45) is 23.2 Å². The summed E-state index contributed by atoms with van der Waals surface area (Å²) < 4.78 is 15.3. The van der Waals surface area contributed by atoms with Crippen LogP contribution in [0.5, 0.6) is 0 Å². The van der Waals surface area contributed by atoms with E-state index < -0.39 is 41.1 Å². The lowest BCUT2D eigenvalue weighted by Crippen LogP contribution is -2.45. The van der Waals surface area contributed by atoms with Gasteiger partial charge >= 0.3 is 17.9 Å². The zero-order chi connectivity index (χ0) is 17.6. The summed E-state index contributed by atoms with van der Waals surface area (Å²) in [5.41, 5.74) is -1.46. The molecule has 5 atom stereocenters. The van der Waals surface area contributed by atoms with E-state index in [1.165, 1.54) is 27.0 Å². The van der Waals surface area contributed by atoms with E-state index in [0.29, 0.717) is 6.42 Å². The van der Waals surface area contributed by atoms with Crippen LogP contribution in [-0.4, -0.2) is 36.9 Å². The number of esters is 3. The highest BCUT2D eigenvalue weighted by Gasteiger charge is 2.71. The Kier molecular flexibility index (Phi) is 3.81. The van der Waals surface area contributed by atoms with Gasteiger partial charge < -0.3 is 14.2 Å². The molecule has 0 bridgehead atoms. The molecule has 24 heavy (non-hydrogen) atoms. The smallest absolute Gasteiger partial charge is 0.320 e. The SMILES string of the molecule is COC(=O)[C@@]12C=C(OC(C)=O)C(=O)[C@@H]1[C@H]1CC=C[C@H]1[C@H]2OC(C)=O. The van der Waals surface area contributed by atoms with E-state index in [9.17, 15) is 19.2 Å². The van der Waals surface area contributed by atoms with Crippen LogP contribution in [0.1, 0.15) is 20.3 Å². The maximum Gasteiger partial charge on any atom is 0.320 e. The van der Waals surface area contributed by atoms with Gasteiger partial charge in [-0.25, -0.2) is 0 Å². The van der Waals surface area contributed by atoms with E-state index in [1.54, 1.807) is 0 Å². The van der Waals surface area contributed by atoms with Crippen LogP contribution >= 0.6 is 0 Å². The molecule has 0 aromatic carbocycles. The molecule has 3 aliphatic rings. The average molecular weight is 334 g/mol. The van der Waals surface area contributed by atoms with Crippen LogP contribution in [0.25, 0.3) is 0 Å². The van der Waals surface area contributed by atoms with Gasteiger partial charge in [-0.15, -0.1) is 0 Å². The highest BCUT2D eigenvalue weighted by Crippen LogP contribution is 2.61. The number of methoxy groups -OCH3 is 1. The third-order valence-electron chi connectivity index (χ3n) is 5.00. The molecule has 0 N–H and O–H groups in total. The van der Waals surface area contributed by atoms with Crippen molar-refractivity contribution in [3.05, 3.63) is 24.0 Å². The number of carbonyl (C=O) groups is 4. The molecular weight excluding hydrogens is 316 g/mol. The molecule has 128 valence electrons. The third kappa shape index (κ3) is 2.11. The lowest BCUT2D eigenvalue weighted by molar-refractivity contribution is -0.167. The van der Waals surface area contributed by atoms with E-state index in [4.69, 9.17) is 14.2 Å². The number of ketones is 1. The van der Waals surface area contributed by atoms with Crippen molar-refractivity contribution in [3.8, 4) is 0 Å². The van der Waals surface area contributed by atoms with Crippen molar-refractivity contribution in [1.82, 2.24) is 0 Å². The van der Waals surface area contributed by atoms with Gasteiger partial charge in [0.2, 0.25) is 5.78 Å². The monoisotopic (exact) mass is 334 g/mol. The fourth-order valence-electron chi connectivity index (χ4n) is 4.32. The molecular formula is C17H18O7. The van der Waals surface area contributed by atoms with Crippen LogP contribution in [0.2, 0.25) is 0 Å². The summed E-state index contributed by atoms with van der Waals surface area (Å²) in [7, 11) is 1.21. The molecule has 1 saturated carbocycles.